The number of carbonyl (C=O) groups excluding carboxylic acids is 2. The fraction of sp³-hybridized carbons (Fsp3) is 0.304. The van der Waals surface area contributed by atoms with Gasteiger partial charge in [0.2, 0.25) is 0 Å². The summed E-state index contributed by atoms with van der Waals surface area (Å²) >= 11 is 1.30. The first-order chi connectivity index (χ1) is 14.8. The zero-order chi connectivity index (χ0) is 22.3. The minimum Gasteiger partial charge on any atom is -0.503 e. The van der Waals surface area contributed by atoms with Crippen molar-refractivity contribution in [3.8, 4) is 5.75 Å². The molecule has 0 spiro atoms. The monoisotopic (exact) mass is 437 g/mol. The number of nitrogens with zero attached hydrogens (tertiary/aromatic N) is 3. The number of aliphatic hydroxyl groups excluding tert-OH is 1. The molecule has 0 saturated carbocycles. The van der Waals surface area contributed by atoms with E-state index in [0.29, 0.717) is 16.3 Å². The van der Waals surface area contributed by atoms with Crippen molar-refractivity contribution in [3.63, 3.8) is 0 Å². The second-order valence-corrected chi connectivity index (χ2v) is 8.91. The summed E-state index contributed by atoms with van der Waals surface area (Å²) in [7, 11) is 1.60. The molecule has 3 heterocycles. The number of rotatable bonds is 6. The number of amides is 1. The summed E-state index contributed by atoms with van der Waals surface area (Å²) in [6.07, 6.45) is 1.82. The molecule has 2 aromatic heterocycles. The number of aromatic nitrogens is 2. The highest BCUT2D eigenvalue weighted by Gasteiger charge is 2.46. The van der Waals surface area contributed by atoms with E-state index in [9.17, 15) is 14.7 Å². The van der Waals surface area contributed by atoms with E-state index in [0.717, 1.165) is 16.0 Å². The van der Waals surface area contributed by atoms with E-state index in [1.54, 1.807) is 31.5 Å². The molecule has 1 atom stereocenters. The summed E-state index contributed by atoms with van der Waals surface area (Å²) in [6, 6.07) is 8.23. The molecule has 0 radical (unpaired) electrons. The first kappa shape index (κ1) is 21.0. The standard InChI is InChI=1S/C23H23N3O4S/c1-12(2)9-16(27)19-20(14-7-5-6-8-24-14)26(22(29)21(19)28)23-25-15-10-13(3)17(30-4)11-18(15)31-23/h5-8,10-12,20,28H,9H2,1-4H3. The van der Waals surface area contributed by atoms with Gasteiger partial charge in [-0.25, -0.2) is 4.98 Å². The number of thiazole rings is 1. The SMILES string of the molecule is COc1cc2sc(N3C(=O)C(O)=C(C(=O)CC(C)C)C3c3ccccn3)nc2cc1C. The number of Topliss-reactive ketones (excluding diaryl/α,β-unsaturated/α-hetero) is 1. The minimum absolute atomic E-state index is 0.0745. The van der Waals surface area contributed by atoms with Gasteiger partial charge in [0, 0.05) is 12.6 Å². The zero-order valence-corrected chi connectivity index (χ0v) is 18.6. The van der Waals surface area contributed by atoms with Crippen LogP contribution in [0.5, 0.6) is 5.75 Å². The van der Waals surface area contributed by atoms with Gasteiger partial charge in [-0.1, -0.05) is 31.3 Å². The summed E-state index contributed by atoms with van der Waals surface area (Å²) in [5, 5.41) is 11.1. The first-order valence-electron chi connectivity index (χ1n) is 9.97. The van der Waals surface area contributed by atoms with Crippen LogP contribution in [0.4, 0.5) is 5.13 Å². The highest BCUT2D eigenvalue weighted by atomic mass is 32.1. The summed E-state index contributed by atoms with van der Waals surface area (Å²) in [5.74, 6) is -0.637. The summed E-state index contributed by atoms with van der Waals surface area (Å²) < 4.78 is 6.24. The Morgan fingerprint density at radius 1 is 1.32 bits per heavy atom. The van der Waals surface area contributed by atoms with E-state index in [1.165, 1.54) is 16.2 Å². The van der Waals surface area contributed by atoms with Gasteiger partial charge in [0.1, 0.15) is 11.8 Å². The van der Waals surface area contributed by atoms with Gasteiger partial charge >= 0.3 is 0 Å². The van der Waals surface area contributed by atoms with E-state index in [4.69, 9.17) is 4.74 Å². The van der Waals surface area contributed by atoms with Crippen molar-refractivity contribution in [2.24, 2.45) is 5.92 Å². The molecule has 160 valence electrons. The lowest BCUT2D eigenvalue weighted by molar-refractivity contribution is -0.118. The Hall–Kier alpha value is -3.26. The molecule has 1 N–H and O–H groups in total. The number of aliphatic hydroxyl groups is 1. The number of methoxy groups -OCH3 is 1. The number of aryl methyl sites for hydroxylation is 1. The lowest BCUT2D eigenvalue weighted by atomic mass is 9.94. The predicted molar refractivity (Wildman–Crippen MR) is 119 cm³/mol. The summed E-state index contributed by atoms with van der Waals surface area (Å²) in [4.78, 5) is 36.5. The third-order valence-electron chi connectivity index (χ3n) is 5.17. The number of fused-ring (bicyclic) bond motifs is 1. The van der Waals surface area contributed by atoms with Crippen molar-refractivity contribution in [3.05, 3.63) is 59.1 Å². The Bertz CT molecular complexity index is 1200. The number of hydrogen-bond donors (Lipinski definition) is 1. The lowest BCUT2D eigenvalue weighted by Crippen LogP contribution is -2.31. The molecule has 7 nitrogen and oxygen atoms in total. The Balaban J connectivity index is 1.86. The third-order valence-corrected chi connectivity index (χ3v) is 6.19. The second-order valence-electron chi connectivity index (χ2n) is 7.90. The van der Waals surface area contributed by atoms with Crippen LogP contribution in [0.25, 0.3) is 10.2 Å². The van der Waals surface area contributed by atoms with Crippen LogP contribution in [0.3, 0.4) is 0 Å². The van der Waals surface area contributed by atoms with Gasteiger partial charge in [0.05, 0.1) is 28.6 Å². The van der Waals surface area contributed by atoms with Crippen LogP contribution >= 0.6 is 11.3 Å². The number of hydrogen-bond acceptors (Lipinski definition) is 7. The molecule has 1 aliphatic heterocycles. The Kier molecular flexibility index (Phi) is 5.49. The van der Waals surface area contributed by atoms with Crippen molar-refractivity contribution in [2.45, 2.75) is 33.2 Å². The van der Waals surface area contributed by atoms with Crippen LogP contribution in [0.2, 0.25) is 0 Å². The van der Waals surface area contributed by atoms with Crippen LogP contribution in [0, 0.1) is 12.8 Å². The Labute approximate surface area is 184 Å². The Morgan fingerprint density at radius 3 is 2.74 bits per heavy atom. The average molecular weight is 438 g/mol. The van der Waals surface area contributed by atoms with Crippen LogP contribution in [-0.4, -0.2) is 33.9 Å². The quantitative estimate of drug-likeness (QED) is 0.609. The van der Waals surface area contributed by atoms with Gasteiger partial charge in [0.15, 0.2) is 16.7 Å². The fourth-order valence-corrected chi connectivity index (χ4v) is 4.76. The van der Waals surface area contributed by atoms with Crippen LogP contribution in [0.1, 0.15) is 37.6 Å². The van der Waals surface area contributed by atoms with Crippen LogP contribution in [0.15, 0.2) is 47.9 Å². The van der Waals surface area contributed by atoms with Gasteiger partial charge in [-0.15, -0.1) is 0 Å². The van der Waals surface area contributed by atoms with E-state index in [1.807, 2.05) is 32.9 Å². The van der Waals surface area contributed by atoms with Gasteiger partial charge in [0.25, 0.3) is 5.91 Å². The van der Waals surface area contributed by atoms with Gasteiger partial charge in [-0.05, 0) is 42.7 Å². The van der Waals surface area contributed by atoms with E-state index in [-0.39, 0.29) is 23.7 Å². The van der Waals surface area contributed by atoms with Crippen molar-refractivity contribution in [1.82, 2.24) is 9.97 Å². The molecule has 1 unspecified atom stereocenters. The Morgan fingerprint density at radius 2 is 2.10 bits per heavy atom. The van der Waals surface area contributed by atoms with Crippen molar-refractivity contribution in [2.75, 3.05) is 12.0 Å². The maximum Gasteiger partial charge on any atom is 0.296 e. The largest absolute Gasteiger partial charge is 0.503 e. The predicted octanol–water partition coefficient (Wildman–Crippen LogP) is 4.52. The summed E-state index contributed by atoms with van der Waals surface area (Å²) in [5.41, 5.74) is 2.22. The topological polar surface area (TPSA) is 92.6 Å². The molecule has 31 heavy (non-hydrogen) atoms. The van der Waals surface area contributed by atoms with E-state index >= 15 is 0 Å². The van der Waals surface area contributed by atoms with Crippen molar-refractivity contribution in [1.29, 1.82) is 0 Å². The number of ether oxygens (including phenoxy) is 1. The molecule has 1 aliphatic rings. The molecule has 3 aromatic rings. The number of carbonyl (C=O) groups is 2. The third kappa shape index (κ3) is 3.67. The lowest BCUT2D eigenvalue weighted by Gasteiger charge is -2.23. The highest BCUT2D eigenvalue weighted by Crippen LogP contribution is 2.44. The van der Waals surface area contributed by atoms with Crippen LogP contribution in [-0.2, 0) is 9.59 Å². The summed E-state index contributed by atoms with van der Waals surface area (Å²) in [6.45, 7) is 5.76. The number of pyridine rings is 1. The van der Waals surface area contributed by atoms with Crippen molar-refractivity contribution < 1.29 is 19.4 Å². The highest BCUT2D eigenvalue weighted by molar-refractivity contribution is 7.22. The first-order valence-corrected chi connectivity index (χ1v) is 10.8. The maximum atomic E-state index is 13.1. The molecule has 4 rings (SSSR count). The second kappa shape index (κ2) is 8.11. The fourth-order valence-electron chi connectivity index (χ4n) is 3.76. The molecule has 1 amide bonds. The molecule has 8 heteroatoms. The smallest absolute Gasteiger partial charge is 0.296 e. The number of benzene rings is 1. The van der Waals surface area contributed by atoms with Crippen LogP contribution < -0.4 is 9.64 Å². The minimum atomic E-state index is -0.830. The van der Waals surface area contributed by atoms with E-state index in [2.05, 4.69) is 9.97 Å². The molecule has 0 saturated heterocycles. The zero-order valence-electron chi connectivity index (χ0n) is 17.7. The average Bonchev–Trinajstić information content (AvgIpc) is 3.25. The molecular formula is C23H23N3O4S. The molecule has 0 bridgehead atoms. The molecular weight excluding hydrogens is 414 g/mol. The maximum absolute atomic E-state index is 13.1. The molecule has 0 aliphatic carbocycles. The molecule has 0 fully saturated rings. The van der Waals surface area contributed by atoms with Gasteiger partial charge < -0.3 is 9.84 Å². The van der Waals surface area contributed by atoms with Gasteiger partial charge in [-0.3, -0.25) is 19.5 Å². The van der Waals surface area contributed by atoms with Crippen molar-refractivity contribution >= 4 is 38.4 Å². The normalized spacial score (nSPS) is 16.6. The van der Waals surface area contributed by atoms with Gasteiger partial charge in [-0.2, -0.15) is 0 Å². The number of ketones is 1. The van der Waals surface area contributed by atoms with E-state index < -0.39 is 17.7 Å². The molecule has 1 aromatic carbocycles. The number of anilines is 1.